The van der Waals surface area contributed by atoms with Gasteiger partial charge in [-0.05, 0) is 24.6 Å². The molecule has 0 saturated carbocycles. The van der Waals surface area contributed by atoms with Gasteiger partial charge in [0.15, 0.2) is 5.82 Å². The minimum Gasteiger partial charge on any atom is -0.334 e. The summed E-state index contributed by atoms with van der Waals surface area (Å²) in [7, 11) is 0. The molecule has 0 N–H and O–H groups in total. The lowest BCUT2D eigenvalue weighted by Gasteiger charge is -1.99. The Labute approximate surface area is 110 Å². The summed E-state index contributed by atoms with van der Waals surface area (Å²) in [4.78, 5) is 4.27. The molecule has 90 valence electrons. The first-order valence-electron chi connectivity index (χ1n) is 5.44. The summed E-state index contributed by atoms with van der Waals surface area (Å²) >= 11 is 12.0. The predicted octanol–water partition coefficient (Wildman–Crippen LogP) is 4.47. The van der Waals surface area contributed by atoms with Crippen molar-refractivity contribution >= 4 is 23.2 Å². The molecular formula is C12H12Cl2N2O. The number of halogens is 2. The van der Waals surface area contributed by atoms with Crippen LogP contribution in [0.4, 0.5) is 0 Å². The van der Waals surface area contributed by atoms with Crippen molar-refractivity contribution in [3.05, 3.63) is 35.1 Å². The second-order valence-corrected chi connectivity index (χ2v) is 4.69. The van der Waals surface area contributed by atoms with Crippen LogP contribution in [-0.2, 0) is 0 Å². The molecule has 2 aromatic rings. The zero-order valence-electron chi connectivity index (χ0n) is 9.36. The Morgan fingerprint density at radius 2 is 2.24 bits per heavy atom. The van der Waals surface area contributed by atoms with E-state index in [4.69, 9.17) is 27.7 Å². The predicted molar refractivity (Wildman–Crippen MR) is 68.2 cm³/mol. The topological polar surface area (TPSA) is 38.9 Å². The average molecular weight is 271 g/mol. The quantitative estimate of drug-likeness (QED) is 0.770. The van der Waals surface area contributed by atoms with Crippen LogP contribution in [0, 0.1) is 0 Å². The van der Waals surface area contributed by atoms with Crippen molar-refractivity contribution in [1.29, 1.82) is 0 Å². The Hall–Kier alpha value is -1.06. The Morgan fingerprint density at radius 1 is 1.41 bits per heavy atom. The molecule has 5 heteroatoms. The Morgan fingerprint density at radius 3 is 2.94 bits per heavy atom. The first-order valence-corrected chi connectivity index (χ1v) is 6.25. The fourth-order valence-electron chi connectivity index (χ4n) is 1.48. The number of alkyl halides is 1. The first kappa shape index (κ1) is 12.4. The van der Waals surface area contributed by atoms with Gasteiger partial charge in [-0.2, -0.15) is 4.98 Å². The summed E-state index contributed by atoms with van der Waals surface area (Å²) in [6, 6.07) is 7.28. The molecule has 1 aromatic heterocycles. The van der Waals surface area contributed by atoms with Crippen molar-refractivity contribution in [3.8, 4) is 11.5 Å². The third-order valence-electron chi connectivity index (χ3n) is 2.34. The maximum absolute atomic E-state index is 6.13. The molecule has 1 atom stereocenters. The maximum Gasteiger partial charge on any atom is 0.258 e. The van der Waals surface area contributed by atoms with Crippen LogP contribution in [0.25, 0.3) is 11.5 Å². The van der Waals surface area contributed by atoms with Gasteiger partial charge in [-0.1, -0.05) is 36.2 Å². The molecule has 0 radical (unpaired) electrons. The van der Waals surface area contributed by atoms with Gasteiger partial charge < -0.3 is 4.52 Å². The van der Waals surface area contributed by atoms with Crippen molar-refractivity contribution in [2.75, 3.05) is 0 Å². The van der Waals surface area contributed by atoms with E-state index < -0.39 is 0 Å². The molecule has 0 aliphatic heterocycles. The summed E-state index contributed by atoms with van der Waals surface area (Å²) < 4.78 is 5.17. The molecular weight excluding hydrogens is 259 g/mol. The lowest BCUT2D eigenvalue weighted by atomic mass is 10.2. The van der Waals surface area contributed by atoms with Gasteiger partial charge in [-0.3, -0.25) is 0 Å². The van der Waals surface area contributed by atoms with Crippen molar-refractivity contribution in [3.63, 3.8) is 0 Å². The Balaban J connectivity index is 2.23. The van der Waals surface area contributed by atoms with Gasteiger partial charge in [0.1, 0.15) is 0 Å². The van der Waals surface area contributed by atoms with Gasteiger partial charge >= 0.3 is 0 Å². The zero-order chi connectivity index (χ0) is 12.3. The number of nitrogens with zero attached hydrogens (tertiary/aromatic N) is 2. The second-order valence-electron chi connectivity index (χ2n) is 3.72. The lowest BCUT2D eigenvalue weighted by molar-refractivity contribution is 0.420. The van der Waals surface area contributed by atoms with E-state index in [0.29, 0.717) is 16.7 Å². The minimum atomic E-state index is -0.198. The van der Waals surface area contributed by atoms with Gasteiger partial charge in [-0.15, -0.1) is 11.6 Å². The van der Waals surface area contributed by atoms with Crippen LogP contribution in [0.1, 0.15) is 31.0 Å². The molecule has 0 aliphatic rings. The SMILES string of the molecule is CCCC(Cl)c1noc(-c2cccc(Cl)c2)n1. The monoisotopic (exact) mass is 270 g/mol. The highest BCUT2D eigenvalue weighted by Gasteiger charge is 2.15. The van der Waals surface area contributed by atoms with Crippen LogP contribution in [0.15, 0.2) is 28.8 Å². The molecule has 2 rings (SSSR count). The molecule has 0 fully saturated rings. The van der Waals surface area contributed by atoms with E-state index in [1.54, 1.807) is 12.1 Å². The first-order chi connectivity index (χ1) is 8.20. The molecule has 1 heterocycles. The van der Waals surface area contributed by atoms with Gasteiger partial charge in [0, 0.05) is 10.6 Å². The highest BCUT2D eigenvalue weighted by atomic mass is 35.5. The van der Waals surface area contributed by atoms with E-state index in [2.05, 4.69) is 17.1 Å². The van der Waals surface area contributed by atoms with E-state index in [9.17, 15) is 0 Å². The number of aromatic nitrogens is 2. The molecule has 0 saturated heterocycles. The number of hydrogen-bond donors (Lipinski definition) is 0. The van der Waals surface area contributed by atoms with E-state index in [1.165, 1.54) is 0 Å². The summed E-state index contributed by atoms with van der Waals surface area (Å²) in [6.45, 7) is 2.06. The zero-order valence-corrected chi connectivity index (χ0v) is 10.9. The van der Waals surface area contributed by atoms with Crippen molar-refractivity contribution < 1.29 is 4.52 Å². The third kappa shape index (κ3) is 2.99. The molecule has 0 aliphatic carbocycles. The van der Waals surface area contributed by atoms with Crippen LogP contribution in [0.2, 0.25) is 5.02 Å². The second kappa shape index (κ2) is 5.52. The number of benzene rings is 1. The highest BCUT2D eigenvalue weighted by Crippen LogP contribution is 2.26. The van der Waals surface area contributed by atoms with Gasteiger partial charge in [0.2, 0.25) is 0 Å². The standard InChI is InChI=1S/C12H12Cl2N2O/c1-2-4-10(14)11-15-12(17-16-11)8-5-3-6-9(13)7-8/h3,5-7,10H,2,4H2,1H3. The number of hydrogen-bond acceptors (Lipinski definition) is 3. The smallest absolute Gasteiger partial charge is 0.258 e. The van der Waals surface area contributed by atoms with E-state index in [1.807, 2.05) is 12.1 Å². The molecule has 3 nitrogen and oxygen atoms in total. The Bertz CT molecular complexity index is 499. The summed E-state index contributed by atoms with van der Waals surface area (Å²) in [5.41, 5.74) is 0.802. The third-order valence-corrected chi connectivity index (χ3v) is 2.98. The highest BCUT2D eigenvalue weighted by molar-refractivity contribution is 6.30. The molecule has 0 spiro atoms. The van der Waals surface area contributed by atoms with Crippen LogP contribution in [0.5, 0.6) is 0 Å². The lowest BCUT2D eigenvalue weighted by Crippen LogP contribution is -1.92. The van der Waals surface area contributed by atoms with Crippen LogP contribution in [0.3, 0.4) is 0 Å². The van der Waals surface area contributed by atoms with E-state index in [0.717, 1.165) is 18.4 Å². The van der Waals surface area contributed by atoms with Crippen LogP contribution < -0.4 is 0 Å². The van der Waals surface area contributed by atoms with Crippen molar-refractivity contribution in [2.45, 2.75) is 25.1 Å². The van der Waals surface area contributed by atoms with Crippen molar-refractivity contribution in [1.82, 2.24) is 10.1 Å². The fourth-order valence-corrected chi connectivity index (χ4v) is 1.98. The fraction of sp³-hybridized carbons (Fsp3) is 0.333. The molecule has 1 unspecified atom stereocenters. The maximum atomic E-state index is 6.13. The van der Waals surface area contributed by atoms with E-state index in [-0.39, 0.29) is 5.38 Å². The summed E-state index contributed by atoms with van der Waals surface area (Å²) in [5.74, 6) is 0.979. The molecule has 0 amide bonds. The molecule has 1 aromatic carbocycles. The largest absolute Gasteiger partial charge is 0.334 e. The summed E-state index contributed by atoms with van der Waals surface area (Å²) in [6.07, 6.45) is 1.81. The van der Waals surface area contributed by atoms with Gasteiger partial charge in [-0.25, -0.2) is 0 Å². The van der Waals surface area contributed by atoms with Crippen LogP contribution in [-0.4, -0.2) is 10.1 Å². The van der Waals surface area contributed by atoms with Gasteiger partial charge in [0.25, 0.3) is 5.89 Å². The van der Waals surface area contributed by atoms with E-state index >= 15 is 0 Å². The molecule has 0 bridgehead atoms. The average Bonchev–Trinajstić information content (AvgIpc) is 2.78. The van der Waals surface area contributed by atoms with Gasteiger partial charge in [0.05, 0.1) is 5.38 Å². The van der Waals surface area contributed by atoms with Crippen molar-refractivity contribution in [2.24, 2.45) is 0 Å². The van der Waals surface area contributed by atoms with Crippen LogP contribution >= 0.6 is 23.2 Å². The molecule has 17 heavy (non-hydrogen) atoms. The number of rotatable bonds is 4. The minimum absolute atomic E-state index is 0.198. The normalized spacial score (nSPS) is 12.6. The Kier molecular flexibility index (Phi) is 4.02. The summed E-state index contributed by atoms with van der Waals surface area (Å²) in [5, 5.41) is 4.32.